The number of hydrogen-bond donors (Lipinski definition) is 0. The molecule has 13 aromatic carbocycles. The minimum Gasteiger partial charge on any atom is -0.456 e. The second-order valence-electron chi connectivity index (χ2n) is 31.0. The van der Waals surface area contributed by atoms with Gasteiger partial charge in [0, 0.05) is 55.8 Å². The highest BCUT2D eigenvalue weighted by Gasteiger charge is 2.46. The highest BCUT2D eigenvalue weighted by atomic mass is 16.3. The molecule has 16 rings (SSSR count). The number of rotatable bonds is 9. The third-order valence-electron chi connectivity index (χ3n) is 20.3. The molecule has 4 heteroatoms. The van der Waals surface area contributed by atoms with Crippen molar-refractivity contribution in [1.29, 1.82) is 0 Å². The molecule has 1 aromatic heterocycles. The van der Waals surface area contributed by atoms with Crippen LogP contribution in [-0.4, -0.2) is 6.71 Å². The van der Waals surface area contributed by atoms with Crippen molar-refractivity contribution in [2.45, 2.75) is 105 Å². The van der Waals surface area contributed by atoms with Gasteiger partial charge in [0.2, 0.25) is 0 Å². The summed E-state index contributed by atoms with van der Waals surface area (Å²) in [6.45, 7) is 27.2. The fraction of sp³-hybridized carbons (Fsp3) is 0.170. The van der Waals surface area contributed by atoms with E-state index in [-0.39, 0.29) is 51.4 Å². The van der Waals surface area contributed by atoms with Crippen LogP contribution in [0.25, 0.3) is 99.8 Å². The van der Waals surface area contributed by atoms with Crippen molar-refractivity contribution in [1.82, 2.24) is 0 Å². The van der Waals surface area contributed by atoms with E-state index in [4.69, 9.17) is 8.53 Å². The molecular weight excluding hydrogens is 1180 g/mol. The first-order valence-electron chi connectivity index (χ1n) is 37.0. The number of para-hydroxylation sites is 1. The van der Waals surface area contributed by atoms with Gasteiger partial charge in [0.15, 0.2) is 0 Å². The molecule has 14 aromatic rings. The van der Waals surface area contributed by atoms with Crippen molar-refractivity contribution in [3.05, 3.63) is 307 Å². The second kappa shape index (κ2) is 23.6. The molecule has 0 atom stereocenters. The maximum absolute atomic E-state index is 9.66. The van der Waals surface area contributed by atoms with Crippen molar-refractivity contribution < 1.29 is 11.3 Å². The van der Waals surface area contributed by atoms with Gasteiger partial charge in [-0.25, -0.2) is 0 Å². The van der Waals surface area contributed by atoms with Gasteiger partial charge in [0.25, 0.3) is 6.71 Å². The zero-order valence-corrected chi connectivity index (χ0v) is 58.1. The third-order valence-corrected chi connectivity index (χ3v) is 20.3. The summed E-state index contributed by atoms with van der Waals surface area (Å²) in [7, 11) is 0. The van der Waals surface area contributed by atoms with Crippen LogP contribution < -0.4 is 26.2 Å². The minimum absolute atomic E-state index is 0.134. The molecule has 2 aliphatic heterocycles. The molecule has 0 fully saturated rings. The van der Waals surface area contributed by atoms with Crippen LogP contribution in [0, 0.1) is 0 Å². The molecule has 3 nitrogen and oxygen atoms in total. The number of fused-ring (bicyclic) bond motifs is 7. The fourth-order valence-electron chi connectivity index (χ4n) is 15.0. The van der Waals surface area contributed by atoms with Gasteiger partial charge < -0.3 is 14.2 Å². The molecule has 0 spiro atoms. The van der Waals surface area contributed by atoms with Gasteiger partial charge in [0.05, 0.1) is 18.2 Å². The van der Waals surface area contributed by atoms with E-state index in [0.29, 0.717) is 5.56 Å². The Bertz CT molecular complexity index is 5560. The highest BCUT2D eigenvalue weighted by Crippen LogP contribution is 2.56. The molecule has 0 aliphatic carbocycles. The van der Waals surface area contributed by atoms with E-state index in [1.165, 1.54) is 16.7 Å². The lowest BCUT2D eigenvalue weighted by atomic mass is 9.33. The summed E-state index contributed by atoms with van der Waals surface area (Å²) in [6, 6.07) is 91.6. The molecule has 0 amide bonds. The number of anilines is 6. The monoisotopic (exact) mass is 1270 g/mol. The third kappa shape index (κ3) is 10.9. The van der Waals surface area contributed by atoms with Gasteiger partial charge >= 0.3 is 0 Å². The number of furan rings is 1. The number of hydrogen-bond acceptors (Lipinski definition) is 3. The molecule has 2 aliphatic rings. The summed E-state index contributed by atoms with van der Waals surface area (Å²) in [4.78, 5) is 5.12. The standard InChI is InChI=1S/C94H83BN2O/c1-91(2,3)69-49-67(50-70(55-69)92(4,5)6)66-46-48-80-82(52-66)97(90-77(63-37-24-16-25-38-63)58-72(94(10,11)12)59-78(90)64-39-26-17-27-40-64)84-54-68(73-42-30-44-86-87(73)74-41-28-29-43-85(74)98-86)53-83-88(84)95(80)79-47-45-65(60-31-18-13-19-32-60)51-81(79)96(83)89-75(61-33-20-14-21-34-61)56-71(93(7,8)9)57-76(89)62-35-22-15-23-36-62/h13-59H,1-12H3/i13D,18D,19D,31D,32D. The molecule has 0 radical (unpaired) electrons. The molecule has 0 unspecified atom stereocenters. The summed E-state index contributed by atoms with van der Waals surface area (Å²) in [5.74, 6) is 0. The van der Waals surface area contributed by atoms with E-state index >= 15 is 0 Å². The van der Waals surface area contributed by atoms with Crippen LogP contribution in [-0.2, 0) is 21.7 Å². The normalized spacial score (nSPS) is 13.8. The van der Waals surface area contributed by atoms with Crippen molar-refractivity contribution >= 4 is 79.2 Å². The minimum atomic E-state index is -0.445. The average molecular weight is 1270 g/mol. The van der Waals surface area contributed by atoms with Crippen LogP contribution in [0.4, 0.5) is 34.1 Å². The largest absolute Gasteiger partial charge is 0.456 e. The number of benzene rings is 13. The zero-order chi connectivity index (χ0) is 71.9. The SMILES string of the molecule is [2H]c1c([2H])c([2H])c(-c2ccc3c(c2)N(c2c(-c4ccccc4)cc(C(C)(C)C)cc2-c2ccccc2)c2cc(-c4cccc5oc6ccccc6c45)cc4c2B3c2ccc(-c3cc(C(C)(C)C)cc(C(C)(C)C)c3)cc2N4c2c(-c3ccccc3)cc(C(C)(C)C)cc2-c2ccccc2)c([2H])c1[2H]. The van der Waals surface area contributed by atoms with Crippen LogP contribution in [0.2, 0.25) is 0 Å². The van der Waals surface area contributed by atoms with Gasteiger partial charge in [-0.1, -0.05) is 307 Å². The van der Waals surface area contributed by atoms with Crippen LogP contribution >= 0.6 is 0 Å². The van der Waals surface area contributed by atoms with Gasteiger partial charge in [0.1, 0.15) is 11.2 Å². The van der Waals surface area contributed by atoms with E-state index < -0.39 is 12.8 Å². The highest BCUT2D eigenvalue weighted by molar-refractivity contribution is 7.00. The predicted octanol–water partition coefficient (Wildman–Crippen LogP) is 24.5. The summed E-state index contributed by atoms with van der Waals surface area (Å²) in [6.07, 6.45) is 0. The lowest BCUT2D eigenvalue weighted by Crippen LogP contribution is -2.61. The van der Waals surface area contributed by atoms with Gasteiger partial charge in [-0.2, -0.15) is 0 Å². The molecule has 0 saturated carbocycles. The van der Waals surface area contributed by atoms with Crippen LogP contribution in [0.5, 0.6) is 0 Å². The lowest BCUT2D eigenvalue weighted by Gasteiger charge is -2.46. The van der Waals surface area contributed by atoms with E-state index in [1.807, 2.05) is 12.1 Å². The smallest absolute Gasteiger partial charge is 0.252 e. The van der Waals surface area contributed by atoms with Crippen molar-refractivity contribution in [2.75, 3.05) is 9.80 Å². The Balaban J connectivity index is 1.15. The Labute approximate surface area is 586 Å². The average Bonchev–Trinajstić information content (AvgIpc) is 1.33. The van der Waals surface area contributed by atoms with E-state index in [0.717, 1.165) is 145 Å². The van der Waals surface area contributed by atoms with Gasteiger partial charge in [-0.15, -0.1) is 0 Å². The predicted molar refractivity (Wildman–Crippen MR) is 421 cm³/mol. The fourth-order valence-corrected chi connectivity index (χ4v) is 15.0. The molecule has 0 bridgehead atoms. The summed E-state index contributed by atoms with van der Waals surface area (Å²) >= 11 is 0. The van der Waals surface area contributed by atoms with E-state index in [9.17, 15) is 2.74 Å². The van der Waals surface area contributed by atoms with Crippen molar-refractivity contribution in [3.63, 3.8) is 0 Å². The molecule has 3 heterocycles. The maximum Gasteiger partial charge on any atom is 0.252 e. The molecule has 478 valence electrons. The summed E-state index contributed by atoms with van der Waals surface area (Å²) in [5.41, 5.74) is 27.6. The first kappa shape index (κ1) is 56.5. The Morgan fingerprint density at radius 3 is 1.10 bits per heavy atom. The quantitative estimate of drug-likeness (QED) is 0.134. The first-order chi connectivity index (χ1) is 49.2. The second-order valence-corrected chi connectivity index (χ2v) is 31.0. The Hall–Kier alpha value is -10.7. The van der Waals surface area contributed by atoms with E-state index in [1.54, 1.807) is 0 Å². The summed E-state index contributed by atoms with van der Waals surface area (Å²) < 4.78 is 53.3. The van der Waals surface area contributed by atoms with Crippen LogP contribution in [0.1, 0.15) is 112 Å². The van der Waals surface area contributed by atoms with Gasteiger partial charge in [-0.05, 0) is 177 Å². The zero-order valence-electron chi connectivity index (χ0n) is 63.1. The summed E-state index contributed by atoms with van der Waals surface area (Å²) in [5, 5.41) is 2.01. The van der Waals surface area contributed by atoms with Crippen LogP contribution in [0.3, 0.4) is 0 Å². The molecule has 98 heavy (non-hydrogen) atoms. The van der Waals surface area contributed by atoms with Crippen molar-refractivity contribution in [2.24, 2.45) is 0 Å². The Kier molecular flexibility index (Phi) is 13.6. The van der Waals surface area contributed by atoms with Crippen molar-refractivity contribution in [3.8, 4) is 77.9 Å². The topological polar surface area (TPSA) is 19.6 Å². The lowest BCUT2D eigenvalue weighted by molar-refractivity contribution is 0.569. The molecule has 0 N–H and O–H groups in total. The van der Waals surface area contributed by atoms with E-state index in [2.05, 4.69) is 336 Å². The molecule has 0 saturated heterocycles. The van der Waals surface area contributed by atoms with Gasteiger partial charge in [-0.3, -0.25) is 0 Å². The first-order valence-corrected chi connectivity index (χ1v) is 34.5. The molecular formula is C94H83BN2O. The Morgan fingerprint density at radius 2 is 0.673 bits per heavy atom. The Morgan fingerprint density at radius 1 is 0.296 bits per heavy atom. The van der Waals surface area contributed by atoms with Crippen LogP contribution in [0.15, 0.2) is 289 Å². The number of nitrogens with zero attached hydrogens (tertiary/aromatic N) is 2. The maximum atomic E-state index is 9.66.